The van der Waals surface area contributed by atoms with Crippen LogP contribution in [-0.4, -0.2) is 18.6 Å². The molecule has 25 heavy (non-hydrogen) atoms. The Morgan fingerprint density at radius 2 is 1.76 bits per heavy atom. The summed E-state index contributed by atoms with van der Waals surface area (Å²) in [5, 5.41) is 3.94. The molecule has 0 aliphatic rings. The second kappa shape index (κ2) is 6.78. The topological polar surface area (TPSA) is 85.1 Å². The molecule has 0 bridgehead atoms. The van der Waals surface area contributed by atoms with Crippen molar-refractivity contribution in [3.05, 3.63) is 65.5 Å². The van der Waals surface area contributed by atoms with Crippen LogP contribution in [0.3, 0.4) is 0 Å². The van der Waals surface area contributed by atoms with Gasteiger partial charge >= 0.3 is 0 Å². The zero-order valence-corrected chi connectivity index (χ0v) is 15.0. The monoisotopic (exact) mass is 357 g/mol. The minimum Gasteiger partial charge on any atom is -0.337 e. The van der Waals surface area contributed by atoms with E-state index in [9.17, 15) is 8.42 Å². The maximum absolute atomic E-state index is 12.4. The van der Waals surface area contributed by atoms with Crippen LogP contribution in [0.2, 0.25) is 0 Å². The van der Waals surface area contributed by atoms with Gasteiger partial charge in [-0.3, -0.25) is 0 Å². The Bertz CT molecular complexity index is 979. The lowest BCUT2D eigenvalue weighted by Crippen LogP contribution is -2.27. The van der Waals surface area contributed by atoms with Gasteiger partial charge in [-0.25, -0.2) is 8.42 Å². The van der Waals surface area contributed by atoms with Crippen molar-refractivity contribution in [2.45, 2.75) is 31.7 Å². The largest absolute Gasteiger partial charge is 0.337 e. The van der Waals surface area contributed by atoms with E-state index in [-0.39, 0.29) is 10.8 Å². The van der Waals surface area contributed by atoms with Gasteiger partial charge in [0.05, 0.1) is 10.9 Å². The minimum absolute atomic E-state index is 0.198. The number of aromatic nitrogens is 2. The van der Waals surface area contributed by atoms with E-state index < -0.39 is 16.1 Å². The summed E-state index contributed by atoms with van der Waals surface area (Å²) >= 11 is 0. The molecule has 7 heteroatoms. The summed E-state index contributed by atoms with van der Waals surface area (Å²) in [4.78, 5) is 4.51. The van der Waals surface area contributed by atoms with Crippen molar-refractivity contribution in [1.29, 1.82) is 0 Å². The average Bonchev–Trinajstić information content (AvgIpc) is 3.05. The molecule has 0 saturated carbocycles. The second-order valence-corrected chi connectivity index (χ2v) is 7.70. The molecule has 130 valence electrons. The van der Waals surface area contributed by atoms with E-state index in [1.807, 2.05) is 38.1 Å². The van der Waals surface area contributed by atoms with Crippen molar-refractivity contribution < 1.29 is 12.9 Å². The number of nitrogens with one attached hydrogen (secondary N) is 1. The lowest BCUT2D eigenvalue weighted by Gasteiger charge is -2.10. The maximum atomic E-state index is 12.4. The van der Waals surface area contributed by atoms with Gasteiger partial charge in [-0.2, -0.15) is 9.71 Å². The highest BCUT2D eigenvalue weighted by molar-refractivity contribution is 7.89. The van der Waals surface area contributed by atoms with Crippen molar-refractivity contribution in [2.75, 3.05) is 0 Å². The predicted molar refractivity (Wildman–Crippen MR) is 94.4 cm³/mol. The maximum Gasteiger partial charge on any atom is 0.244 e. The summed E-state index contributed by atoms with van der Waals surface area (Å²) in [5.74, 6) is 0.646. The summed E-state index contributed by atoms with van der Waals surface area (Å²) in [6, 6.07) is 13.7. The normalized spacial score (nSPS) is 12.9. The van der Waals surface area contributed by atoms with E-state index in [0.717, 1.165) is 16.7 Å². The zero-order chi connectivity index (χ0) is 18.0. The van der Waals surface area contributed by atoms with Gasteiger partial charge in [-0.1, -0.05) is 46.6 Å². The van der Waals surface area contributed by atoms with Gasteiger partial charge in [0.15, 0.2) is 0 Å². The number of rotatable bonds is 5. The Morgan fingerprint density at radius 3 is 2.44 bits per heavy atom. The molecule has 1 aromatic heterocycles. The van der Waals surface area contributed by atoms with Crippen molar-refractivity contribution in [1.82, 2.24) is 14.9 Å². The molecule has 0 amide bonds. The van der Waals surface area contributed by atoms with Crippen LogP contribution in [0.4, 0.5) is 0 Å². The van der Waals surface area contributed by atoms with Gasteiger partial charge < -0.3 is 4.52 Å². The second-order valence-electron chi connectivity index (χ2n) is 5.98. The molecule has 6 nitrogen and oxygen atoms in total. The number of sulfonamides is 1. The molecular weight excluding hydrogens is 338 g/mol. The lowest BCUT2D eigenvalue weighted by molar-refractivity contribution is 0.354. The minimum atomic E-state index is -3.66. The smallest absolute Gasteiger partial charge is 0.244 e. The first kappa shape index (κ1) is 17.3. The Labute approximate surface area is 147 Å². The quantitative estimate of drug-likeness (QED) is 0.756. The fourth-order valence-electron chi connectivity index (χ4n) is 2.38. The van der Waals surface area contributed by atoms with Crippen LogP contribution in [-0.2, 0) is 10.0 Å². The van der Waals surface area contributed by atoms with Crippen molar-refractivity contribution in [2.24, 2.45) is 0 Å². The molecule has 0 fully saturated rings. The molecule has 2 aromatic carbocycles. The first-order valence-corrected chi connectivity index (χ1v) is 9.33. The predicted octanol–water partition coefficient (Wildman–Crippen LogP) is 3.39. The van der Waals surface area contributed by atoms with E-state index in [4.69, 9.17) is 4.52 Å². The summed E-state index contributed by atoms with van der Waals surface area (Å²) in [7, 11) is -3.66. The molecule has 1 heterocycles. The van der Waals surface area contributed by atoms with Gasteiger partial charge in [0.25, 0.3) is 0 Å². The van der Waals surface area contributed by atoms with Gasteiger partial charge in [-0.15, -0.1) is 0 Å². The highest BCUT2D eigenvalue weighted by atomic mass is 32.2. The standard InChI is InChI=1S/C18H19N3O3S/c1-12-7-9-16(10-8-12)25(22,23)21-14(3)18-19-17(20-24-18)15-6-4-5-13(2)11-15/h4-11,14,21H,1-3H3/t14-/m1/s1. The van der Waals surface area contributed by atoms with Gasteiger partial charge in [0.2, 0.25) is 21.7 Å². The Kier molecular flexibility index (Phi) is 4.69. The third-order valence-corrected chi connectivity index (χ3v) is 5.31. The number of hydrogen-bond acceptors (Lipinski definition) is 5. The van der Waals surface area contributed by atoms with Crippen molar-refractivity contribution in [3.8, 4) is 11.4 Å². The first-order valence-electron chi connectivity index (χ1n) is 7.85. The number of nitrogens with zero attached hydrogens (tertiary/aromatic N) is 2. The van der Waals surface area contributed by atoms with Crippen LogP contribution < -0.4 is 4.72 Å². The summed E-state index contributed by atoms with van der Waals surface area (Å²) < 4.78 is 32.7. The highest BCUT2D eigenvalue weighted by Gasteiger charge is 2.22. The van der Waals surface area contributed by atoms with Crippen LogP contribution in [0.15, 0.2) is 57.9 Å². The molecule has 0 spiro atoms. The molecule has 1 atom stereocenters. The third-order valence-electron chi connectivity index (χ3n) is 3.75. The third kappa shape index (κ3) is 3.94. The molecule has 0 saturated heterocycles. The van der Waals surface area contributed by atoms with Gasteiger partial charge in [0, 0.05) is 5.56 Å². The van der Waals surface area contributed by atoms with Gasteiger partial charge in [-0.05, 0) is 39.0 Å². The van der Waals surface area contributed by atoms with Crippen LogP contribution in [0, 0.1) is 13.8 Å². The Balaban J connectivity index is 1.80. The van der Waals surface area contributed by atoms with Crippen LogP contribution in [0.1, 0.15) is 30.0 Å². The number of hydrogen-bond donors (Lipinski definition) is 1. The number of benzene rings is 2. The summed E-state index contributed by atoms with van der Waals surface area (Å²) in [6.45, 7) is 5.54. The van der Waals surface area contributed by atoms with E-state index >= 15 is 0 Å². The molecule has 0 aliphatic heterocycles. The summed E-state index contributed by atoms with van der Waals surface area (Å²) in [5.41, 5.74) is 2.90. The molecule has 0 aliphatic carbocycles. The molecular formula is C18H19N3O3S. The lowest BCUT2D eigenvalue weighted by atomic mass is 10.1. The number of aryl methyl sites for hydroxylation is 2. The van der Waals surface area contributed by atoms with Crippen molar-refractivity contribution in [3.63, 3.8) is 0 Å². The average molecular weight is 357 g/mol. The van der Waals surface area contributed by atoms with Crippen LogP contribution in [0.25, 0.3) is 11.4 Å². The van der Waals surface area contributed by atoms with E-state index in [1.165, 1.54) is 0 Å². The van der Waals surface area contributed by atoms with Crippen LogP contribution in [0.5, 0.6) is 0 Å². The fraction of sp³-hybridized carbons (Fsp3) is 0.222. The Hall–Kier alpha value is -2.51. The Morgan fingerprint density at radius 1 is 1.04 bits per heavy atom. The van der Waals surface area contributed by atoms with E-state index in [2.05, 4.69) is 14.9 Å². The first-order chi connectivity index (χ1) is 11.8. The zero-order valence-electron chi connectivity index (χ0n) is 14.2. The van der Waals surface area contributed by atoms with E-state index in [1.54, 1.807) is 31.2 Å². The van der Waals surface area contributed by atoms with E-state index in [0.29, 0.717) is 5.82 Å². The molecule has 0 radical (unpaired) electrons. The molecule has 1 N–H and O–H groups in total. The molecule has 3 rings (SSSR count). The van der Waals surface area contributed by atoms with Gasteiger partial charge in [0.1, 0.15) is 0 Å². The fourth-order valence-corrected chi connectivity index (χ4v) is 3.58. The molecule has 0 unspecified atom stereocenters. The van der Waals surface area contributed by atoms with Crippen molar-refractivity contribution >= 4 is 10.0 Å². The molecule has 3 aromatic rings. The SMILES string of the molecule is Cc1ccc(S(=O)(=O)N[C@H](C)c2nc(-c3cccc(C)c3)no2)cc1. The van der Waals surface area contributed by atoms with Crippen LogP contribution >= 0.6 is 0 Å². The summed E-state index contributed by atoms with van der Waals surface area (Å²) in [6.07, 6.45) is 0. The highest BCUT2D eigenvalue weighted by Crippen LogP contribution is 2.21.